The van der Waals surface area contributed by atoms with Gasteiger partial charge in [0.15, 0.2) is 0 Å². The third-order valence-electron chi connectivity index (χ3n) is 5.24. The number of nitrogens with zero attached hydrogens (tertiary/aromatic N) is 5. The SMILES string of the molecule is Cc1nnc(-c2cc(-c3ccc(CC(=O)N4Cc5ccncc5C4)cc3)n[nH]c2=O)o1. The molecule has 1 aliphatic heterocycles. The van der Waals surface area contributed by atoms with Crippen molar-refractivity contribution in [3.63, 3.8) is 0 Å². The van der Waals surface area contributed by atoms with Crippen molar-refractivity contribution in [2.45, 2.75) is 26.4 Å². The van der Waals surface area contributed by atoms with Gasteiger partial charge in [-0.15, -0.1) is 10.2 Å². The summed E-state index contributed by atoms with van der Waals surface area (Å²) in [6, 6.07) is 11.1. The summed E-state index contributed by atoms with van der Waals surface area (Å²) < 4.78 is 5.36. The van der Waals surface area contributed by atoms with Gasteiger partial charge < -0.3 is 9.32 Å². The average molecular weight is 414 g/mol. The molecule has 154 valence electrons. The summed E-state index contributed by atoms with van der Waals surface area (Å²) in [6.45, 7) is 2.87. The first-order chi connectivity index (χ1) is 15.1. The van der Waals surface area contributed by atoms with E-state index in [0.29, 0.717) is 31.1 Å². The Morgan fingerprint density at radius 2 is 1.94 bits per heavy atom. The second-order valence-corrected chi connectivity index (χ2v) is 7.39. The average Bonchev–Trinajstić information content (AvgIpc) is 3.41. The van der Waals surface area contributed by atoms with Gasteiger partial charge in [0, 0.05) is 38.0 Å². The van der Waals surface area contributed by atoms with Crippen LogP contribution in [0.25, 0.3) is 22.7 Å². The molecular formula is C22H18N6O3. The van der Waals surface area contributed by atoms with Crippen molar-refractivity contribution in [2.24, 2.45) is 0 Å². The first-order valence-corrected chi connectivity index (χ1v) is 9.76. The van der Waals surface area contributed by atoms with Crippen LogP contribution in [0.4, 0.5) is 0 Å². The van der Waals surface area contributed by atoms with Crippen LogP contribution in [-0.4, -0.2) is 36.2 Å². The number of rotatable bonds is 4. The Kier molecular flexibility index (Phi) is 4.62. The molecule has 1 aromatic carbocycles. The Morgan fingerprint density at radius 3 is 2.68 bits per heavy atom. The molecule has 0 radical (unpaired) electrons. The molecule has 0 unspecified atom stereocenters. The largest absolute Gasteiger partial charge is 0.421 e. The van der Waals surface area contributed by atoms with Crippen LogP contribution in [-0.2, 0) is 24.3 Å². The zero-order chi connectivity index (χ0) is 21.4. The number of carbonyl (C=O) groups is 1. The van der Waals surface area contributed by atoms with Crippen LogP contribution in [0.1, 0.15) is 22.6 Å². The number of hydrogen-bond donors (Lipinski definition) is 1. The van der Waals surface area contributed by atoms with E-state index in [9.17, 15) is 9.59 Å². The van der Waals surface area contributed by atoms with E-state index < -0.39 is 5.56 Å². The maximum Gasteiger partial charge on any atom is 0.277 e. The molecule has 1 aliphatic rings. The fraction of sp³-hybridized carbons (Fsp3) is 0.182. The first kappa shape index (κ1) is 18.9. The molecule has 4 heterocycles. The van der Waals surface area contributed by atoms with Crippen LogP contribution in [0.2, 0.25) is 0 Å². The summed E-state index contributed by atoms with van der Waals surface area (Å²) in [6.07, 6.45) is 3.88. The van der Waals surface area contributed by atoms with Crippen LogP contribution < -0.4 is 5.56 Å². The number of H-pyrrole nitrogens is 1. The van der Waals surface area contributed by atoms with E-state index in [-0.39, 0.29) is 17.4 Å². The molecule has 0 bridgehead atoms. The summed E-state index contributed by atoms with van der Waals surface area (Å²) in [5.74, 6) is 0.589. The molecule has 0 aliphatic carbocycles. The van der Waals surface area contributed by atoms with Gasteiger partial charge in [-0.25, -0.2) is 5.10 Å². The third-order valence-corrected chi connectivity index (χ3v) is 5.24. The monoisotopic (exact) mass is 414 g/mol. The van der Waals surface area contributed by atoms with Gasteiger partial charge >= 0.3 is 0 Å². The predicted molar refractivity (Wildman–Crippen MR) is 111 cm³/mol. The summed E-state index contributed by atoms with van der Waals surface area (Å²) in [4.78, 5) is 30.8. The maximum atomic E-state index is 12.7. The summed E-state index contributed by atoms with van der Waals surface area (Å²) in [7, 11) is 0. The zero-order valence-electron chi connectivity index (χ0n) is 16.7. The second-order valence-electron chi connectivity index (χ2n) is 7.39. The number of aromatic nitrogens is 5. The first-order valence-electron chi connectivity index (χ1n) is 9.76. The topological polar surface area (TPSA) is 118 Å². The molecule has 0 fully saturated rings. The normalized spacial score (nSPS) is 12.7. The van der Waals surface area contributed by atoms with Crippen molar-refractivity contribution in [1.29, 1.82) is 0 Å². The van der Waals surface area contributed by atoms with E-state index in [2.05, 4.69) is 25.4 Å². The maximum absolute atomic E-state index is 12.7. The van der Waals surface area contributed by atoms with Crippen LogP contribution in [0.3, 0.4) is 0 Å². The molecule has 9 nitrogen and oxygen atoms in total. The Bertz CT molecular complexity index is 1300. The van der Waals surface area contributed by atoms with E-state index in [0.717, 1.165) is 22.3 Å². The lowest BCUT2D eigenvalue weighted by Gasteiger charge is -2.15. The minimum atomic E-state index is -0.406. The minimum absolute atomic E-state index is 0.0696. The lowest BCUT2D eigenvalue weighted by Crippen LogP contribution is -2.26. The highest BCUT2D eigenvalue weighted by Gasteiger charge is 2.23. The Morgan fingerprint density at radius 1 is 1.13 bits per heavy atom. The number of fused-ring (bicyclic) bond motifs is 1. The zero-order valence-corrected chi connectivity index (χ0v) is 16.7. The van der Waals surface area contributed by atoms with Gasteiger partial charge in [0.2, 0.25) is 11.8 Å². The molecule has 1 N–H and O–H groups in total. The molecule has 0 saturated heterocycles. The molecular weight excluding hydrogens is 396 g/mol. The predicted octanol–water partition coefficient (Wildman–Crippen LogP) is 2.28. The Hall–Kier alpha value is -4.14. The van der Waals surface area contributed by atoms with E-state index in [4.69, 9.17) is 4.42 Å². The number of nitrogens with one attached hydrogen (secondary N) is 1. The van der Waals surface area contributed by atoms with Crippen LogP contribution in [0.5, 0.6) is 0 Å². The van der Waals surface area contributed by atoms with Crippen LogP contribution in [0, 0.1) is 6.92 Å². The van der Waals surface area contributed by atoms with Gasteiger partial charge in [-0.3, -0.25) is 14.6 Å². The molecule has 3 aromatic heterocycles. The fourth-order valence-electron chi connectivity index (χ4n) is 3.59. The number of benzene rings is 1. The Labute approximate surface area is 176 Å². The number of hydrogen-bond acceptors (Lipinski definition) is 7. The van der Waals surface area contributed by atoms with Crippen molar-refractivity contribution < 1.29 is 9.21 Å². The Balaban J connectivity index is 1.32. The van der Waals surface area contributed by atoms with Gasteiger partial charge in [-0.05, 0) is 28.8 Å². The highest BCUT2D eigenvalue weighted by Crippen LogP contribution is 2.24. The van der Waals surface area contributed by atoms with Crippen LogP contribution in [0.15, 0.2) is 58.0 Å². The lowest BCUT2D eigenvalue weighted by atomic mass is 10.1. The van der Waals surface area contributed by atoms with E-state index in [1.54, 1.807) is 19.2 Å². The lowest BCUT2D eigenvalue weighted by molar-refractivity contribution is -0.131. The van der Waals surface area contributed by atoms with Gasteiger partial charge in [-0.2, -0.15) is 5.10 Å². The second kappa shape index (κ2) is 7.60. The minimum Gasteiger partial charge on any atom is -0.421 e. The van der Waals surface area contributed by atoms with E-state index in [1.165, 1.54) is 0 Å². The number of aromatic amines is 1. The van der Waals surface area contributed by atoms with Gasteiger partial charge in [0.25, 0.3) is 11.4 Å². The molecule has 0 atom stereocenters. The molecule has 0 spiro atoms. The van der Waals surface area contributed by atoms with E-state index in [1.807, 2.05) is 41.4 Å². The summed E-state index contributed by atoms with van der Waals surface area (Å²) in [5, 5.41) is 14.2. The summed E-state index contributed by atoms with van der Waals surface area (Å²) in [5.41, 5.74) is 4.36. The van der Waals surface area contributed by atoms with Crippen molar-refractivity contribution in [2.75, 3.05) is 0 Å². The molecule has 9 heteroatoms. The van der Waals surface area contributed by atoms with Crippen molar-refractivity contribution in [3.05, 3.63) is 81.7 Å². The molecule has 4 aromatic rings. The number of amides is 1. The van der Waals surface area contributed by atoms with Crippen LogP contribution >= 0.6 is 0 Å². The fourth-order valence-corrected chi connectivity index (χ4v) is 3.59. The molecule has 1 amide bonds. The highest BCUT2D eigenvalue weighted by atomic mass is 16.4. The smallest absolute Gasteiger partial charge is 0.277 e. The molecule has 0 saturated carbocycles. The van der Waals surface area contributed by atoms with E-state index >= 15 is 0 Å². The van der Waals surface area contributed by atoms with Crippen molar-refractivity contribution in [3.8, 4) is 22.7 Å². The number of pyridine rings is 1. The molecule has 31 heavy (non-hydrogen) atoms. The molecule has 5 rings (SSSR count). The standard InChI is InChI=1S/C22H18N6O3/c1-13-24-27-22(31-13)18-9-19(25-26-21(18)30)15-4-2-14(3-5-15)8-20(29)28-11-16-6-7-23-10-17(16)12-28/h2-7,9-10H,8,11-12H2,1H3,(H,26,30). The quantitative estimate of drug-likeness (QED) is 0.544. The summed E-state index contributed by atoms with van der Waals surface area (Å²) >= 11 is 0. The third kappa shape index (κ3) is 3.73. The van der Waals surface area contributed by atoms with Crippen molar-refractivity contribution in [1.82, 2.24) is 30.3 Å². The highest BCUT2D eigenvalue weighted by molar-refractivity contribution is 5.79. The van der Waals surface area contributed by atoms with Gasteiger partial charge in [-0.1, -0.05) is 24.3 Å². The van der Waals surface area contributed by atoms with Gasteiger partial charge in [0.1, 0.15) is 5.56 Å². The number of aryl methyl sites for hydroxylation is 1. The van der Waals surface area contributed by atoms with Gasteiger partial charge in [0.05, 0.1) is 12.1 Å². The number of carbonyl (C=O) groups excluding carboxylic acids is 1. The van der Waals surface area contributed by atoms with Crippen molar-refractivity contribution >= 4 is 5.91 Å².